The third-order valence-corrected chi connectivity index (χ3v) is 4.67. The highest BCUT2D eigenvalue weighted by atomic mass is 35.5. The van der Waals surface area contributed by atoms with Crippen LogP contribution < -0.4 is 10.1 Å². The smallest absolute Gasteiger partial charge is 0.255 e. The maximum Gasteiger partial charge on any atom is 0.255 e. The van der Waals surface area contributed by atoms with Gasteiger partial charge in [-0.25, -0.2) is 0 Å². The van der Waals surface area contributed by atoms with Gasteiger partial charge >= 0.3 is 0 Å². The summed E-state index contributed by atoms with van der Waals surface area (Å²) in [5.74, 6) is 1.47. The van der Waals surface area contributed by atoms with Crippen molar-refractivity contribution in [3.8, 4) is 17.1 Å². The fourth-order valence-corrected chi connectivity index (χ4v) is 2.81. The Morgan fingerprint density at radius 1 is 1.18 bits per heavy atom. The summed E-state index contributed by atoms with van der Waals surface area (Å²) in [5, 5.41) is 12.5. The molecule has 146 valence electrons. The zero-order chi connectivity index (χ0) is 20.1. The highest BCUT2D eigenvalue weighted by Gasteiger charge is 2.12. The Kier molecular flexibility index (Phi) is 6.39. The van der Waals surface area contributed by atoms with Crippen LogP contribution in [0.3, 0.4) is 0 Å². The summed E-state index contributed by atoms with van der Waals surface area (Å²) in [6.07, 6.45) is 1.04. The van der Waals surface area contributed by atoms with Gasteiger partial charge in [-0.1, -0.05) is 18.5 Å². The Labute approximate surface area is 168 Å². The highest BCUT2D eigenvalue weighted by molar-refractivity contribution is 6.33. The number of aliphatic hydroxyl groups excluding tert-OH is 1. The minimum absolute atomic E-state index is 0.125. The largest absolute Gasteiger partial charge is 0.491 e. The summed E-state index contributed by atoms with van der Waals surface area (Å²) in [6.45, 7) is 3.87. The number of benzene rings is 2. The average molecular weight is 400 g/mol. The molecule has 0 spiro atoms. The Morgan fingerprint density at radius 3 is 2.57 bits per heavy atom. The molecule has 6 heteroatoms. The molecule has 2 aromatic carbocycles. The van der Waals surface area contributed by atoms with E-state index < -0.39 is 0 Å². The number of carbonyl (C=O) groups is 1. The monoisotopic (exact) mass is 399 g/mol. The van der Waals surface area contributed by atoms with Crippen LogP contribution in [0.1, 0.15) is 36.4 Å². The highest BCUT2D eigenvalue weighted by Crippen LogP contribution is 2.32. The fraction of sp³-hybridized carbons (Fsp3) is 0.227. The molecule has 0 saturated carbocycles. The lowest BCUT2D eigenvalue weighted by molar-refractivity contribution is 0.102. The normalized spacial score (nSPS) is 11.9. The van der Waals surface area contributed by atoms with Crippen molar-refractivity contribution in [1.82, 2.24) is 0 Å². The van der Waals surface area contributed by atoms with Gasteiger partial charge in [0.1, 0.15) is 23.9 Å². The molecule has 3 rings (SSSR count). The van der Waals surface area contributed by atoms with Crippen molar-refractivity contribution in [3.63, 3.8) is 0 Å². The van der Waals surface area contributed by atoms with Crippen molar-refractivity contribution in [2.45, 2.75) is 33.0 Å². The van der Waals surface area contributed by atoms with Crippen LogP contribution in [0.4, 0.5) is 5.69 Å². The molecule has 0 bridgehead atoms. The molecule has 0 aliphatic carbocycles. The first-order valence-electron chi connectivity index (χ1n) is 9.07. The Balaban J connectivity index is 1.74. The van der Waals surface area contributed by atoms with E-state index in [4.69, 9.17) is 25.9 Å². The molecule has 1 atom stereocenters. The van der Waals surface area contributed by atoms with E-state index in [0.29, 0.717) is 33.4 Å². The van der Waals surface area contributed by atoms with E-state index in [2.05, 4.69) is 12.2 Å². The lowest BCUT2D eigenvalue weighted by Crippen LogP contribution is -2.12. The van der Waals surface area contributed by atoms with E-state index in [9.17, 15) is 4.79 Å². The number of hydrogen-bond donors (Lipinski definition) is 2. The first kappa shape index (κ1) is 20.0. The molecule has 2 N–H and O–H groups in total. The van der Waals surface area contributed by atoms with Crippen LogP contribution in [-0.2, 0) is 6.61 Å². The predicted octanol–water partition coefficient (Wildman–Crippen LogP) is 5.52. The third kappa shape index (κ3) is 4.74. The molecule has 0 aliphatic rings. The number of hydrogen-bond acceptors (Lipinski definition) is 4. The van der Waals surface area contributed by atoms with Crippen LogP contribution in [0, 0.1) is 0 Å². The second-order valence-electron chi connectivity index (χ2n) is 6.43. The van der Waals surface area contributed by atoms with Crippen LogP contribution in [-0.4, -0.2) is 17.1 Å². The van der Waals surface area contributed by atoms with Crippen molar-refractivity contribution in [3.05, 3.63) is 70.9 Å². The second-order valence-corrected chi connectivity index (χ2v) is 6.84. The van der Waals surface area contributed by atoms with Crippen molar-refractivity contribution >= 4 is 23.2 Å². The SMILES string of the molecule is CCC(C)Oc1ccc(C(=O)Nc2ccc(Cl)c(-c3ccc(CO)o3)c2)cc1. The molecule has 1 aromatic heterocycles. The summed E-state index contributed by atoms with van der Waals surface area (Å²) in [6, 6.07) is 15.6. The average Bonchev–Trinajstić information content (AvgIpc) is 3.19. The summed E-state index contributed by atoms with van der Waals surface area (Å²) in [4.78, 5) is 12.5. The number of ether oxygens (including phenoxy) is 1. The van der Waals surface area contributed by atoms with Gasteiger partial charge < -0.3 is 19.6 Å². The van der Waals surface area contributed by atoms with Crippen LogP contribution in [0.2, 0.25) is 5.02 Å². The van der Waals surface area contributed by atoms with Gasteiger partial charge in [-0.3, -0.25) is 4.79 Å². The Morgan fingerprint density at radius 2 is 1.93 bits per heavy atom. The number of aliphatic hydroxyl groups is 1. The number of amides is 1. The van der Waals surface area contributed by atoms with Gasteiger partial charge in [0.05, 0.1) is 11.1 Å². The Bertz CT molecular complexity index is 949. The molecule has 0 aliphatic heterocycles. The minimum Gasteiger partial charge on any atom is -0.491 e. The van der Waals surface area contributed by atoms with Gasteiger partial charge in [0.15, 0.2) is 0 Å². The van der Waals surface area contributed by atoms with Crippen LogP contribution in [0.15, 0.2) is 59.0 Å². The van der Waals surface area contributed by atoms with Gasteiger partial charge in [0.25, 0.3) is 5.91 Å². The molecular weight excluding hydrogens is 378 g/mol. The number of carbonyl (C=O) groups excluding carboxylic acids is 1. The fourth-order valence-electron chi connectivity index (χ4n) is 2.60. The zero-order valence-electron chi connectivity index (χ0n) is 15.7. The summed E-state index contributed by atoms with van der Waals surface area (Å²) < 4.78 is 11.3. The minimum atomic E-state index is -0.237. The molecule has 0 saturated heterocycles. The molecule has 28 heavy (non-hydrogen) atoms. The second kappa shape index (κ2) is 8.95. The van der Waals surface area contributed by atoms with E-state index in [-0.39, 0.29) is 18.6 Å². The maximum atomic E-state index is 12.5. The lowest BCUT2D eigenvalue weighted by Gasteiger charge is -2.13. The molecule has 1 unspecified atom stereocenters. The maximum absolute atomic E-state index is 12.5. The molecule has 0 fully saturated rings. The van der Waals surface area contributed by atoms with E-state index >= 15 is 0 Å². The molecule has 1 heterocycles. The lowest BCUT2D eigenvalue weighted by atomic mass is 10.1. The van der Waals surface area contributed by atoms with Crippen molar-refractivity contribution in [2.75, 3.05) is 5.32 Å². The van der Waals surface area contributed by atoms with Gasteiger partial charge in [-0.15, -0.1) is 0 Å². The summed E-state index contributed by atoms with van der Waals surface area (Å²) >= 11 is 6.26. The van der Waals surface area contributed by atoms with E-state index in [1.54, 1.807) is 54.6 Å². The predicted molar refractivity (Wildman–Crippen MR) is 110 cm³/mol. The first-order valence-corrected chi connectivity index (χ1v) is 9.45. The standard InChI is InChI=1S/C22H22ClNO4/c1-3-14(2)27-17-7-4-15(5-8-17)22(26)24-16-6-10-20(23)19(12-16)21-11-9-18(13-25)28-21/h4-12,14,25H,3,13H2,1-2H3,(H,24,26). The quantitative estimate of drug-likeness (QED) is 0.548. The first-order chi connectivity index (χ1) is 13.5. The number of nitrogens with one attached hydrogen (secondary N) is 1. The van der Waals surface area contributed by atoms with Crippen molar-refractivity contribution in [1.29, 1.82) is 0 Å². The molecule has 3 aromatic rings. The van der Waals surface area contributed by atoms with Crippen molar-refractivity contribution in [2.24, 2.45) is 0 Å². The van der Waals surface area contributed by atoms with E-state index in [0.717, 1.165) is 12.2 Å². The number of halogens is 1. The number of anilines is 1. The van der Waals surface area contributed by atoms with Crippen LogP contribution >= 0.6 is 11.6 Å². The van der Waals surface area contributed by atoms with Gasteiger partial charge in [-0.05, 0) is 67.9 Å². The van der Waals surface area contributed by atoms with E-state index in [1.165, 1.54) is 0 Å². The number of furan rings is 1. The van der Waals surface area contributed by atoms with Gasteiger partial charge in [-0.2, -0.15) is 0 Å². The van der Waals surface area contributed by atoms with Crippen LogP contribution in [0.5, 0.6) is 5.75 Å². The Hall–Kier alpha value is -2.76. The van der Waals surface area contributed by atoms with E-state index in [1.807, 2.05) is 6.92 Å². The molecule has 0 radical (unpaired) electrons. The topological polar surface area (TPSA) is 71.7 Å². The van der Waals surface area contributed by atoms with Gasteiger partial charge in [0, 0.05) is 16.8 Å². The molecule has 5 nitrogen and oxygen atoms in total. The summed E-state index contributed by atoms with van der Waals surface area (Å²) in [5.41, 5.74) is 1.75. The zero-order valence-corrected chi connectivity index (χ0v) is 16.5. The molecular formula is C22H22ClNO4. The third-order valence-electron chi connectivity index (χ3n) is 4.34. The van der Waals surface area contributed by atoms with Crippen LogP contribution in [0.25, 0.3) is 11.3 Å². The summed E-state index contributed by atoms with van der Waals surface area (Å²) in [7, 11) is 0. The molecule has 1 amide bonds. The van der Waals surface area contributed by atoms with Crippen molar-refractivity contribution < 1.29 is 19.1 Å². The number of rotatable bonds is 7. The van der Waals surface area contributed by atoms with Gasteiger partial charge in [0.2, 0.25) is 0 Å².